The summed E-state index contributed by atoms with van der Waals surface area (Å²) in [6.45, 7) is 4.08. The third kappa shape index (κ3) is 9.46. The Kier molecular flexibility index (Phi) is 13.7. The molecule has 0 aliphatic carbocycles. The molecule has 346 valence electrons. The molecule has 3 saturated heterocycles. The fourth-order valence-electron chi connectivity index (χ4n) is 7.35. The summed E-state index contributed by atoms with van der Waals surface area (Å²) in [6, 6.07) is 11.0. The van der Waals surface area contributed by atoms with E-state index in [2.05, 4.69) is 0 Å². The van der Waals surface area contributed by atoms with Gasteiger partial charge in [0, 0.05) is 29.7 Å². The zero-order chi connectivity index (χ0) is 46.3. The lowest BCUT2D eigenvalue weighted by molar-refractivity contribution is -0.313. The lowest BCUT2D eigenvalue weighted by Gasteiger charge is -2.43. The summed E-state index contributed by atoms with van der Waals surface area (Å²) in [5.74, 6) is -4.71. The number of carbonyl (C=O) groups is 1. The molecule has 4 heterocycles. The molecule has 3 aliphatic heterocycles. The first kappa shape index (κ1) is 46.4. The summed E-state index contributed by atoms with van der Waals surface area (Å²) in [6.07, 6.45) is -19.5. The molecule has 4 aromatic rings. The molecule has 15 atom stereocenters. The van der Waals surface area contributed by atoms with Gasteiger partial charge in [0.2, 0.25) is 23.8 Å². The van der Waals surface area contributed by atoms with Gasteiger partial charge >= 0.3 is 5.97 Å². The Bertz CT molecular complexity index is 2380. The third-order valence-electron chi connectivity index (χ3n) is 11.3. The second kappa shape index (κ2) is 18.9. The van der Waals surface area contributed by atoms with E-state index in [1.54, 1.807) is 13.8 Å². The van der Waals surface area contributed by atoms with Gasteiger partial charge in [-0.1, -0.05) is 13.0 Å². The first-order valence-corrected chi connectivity index (χ1v) is 20.0. The number of carbonyl (C=O) groups excluding carboxylic acids is 1. The summed E-state index contributed by atoms with van der Waals surface area (Å²) in [5, 5.41) is 116. The van der Waals surface area contributed by atoms with Crippen molar-refractivity contribution >= 4 is 23.0 Å². The van der Waals surface area contributed by atoms with Gasteiger partial charge in [0.15, 0.2) is 35.8 Å². The van der Waals surface area contributed by atoms with Crippen molar-refractivity contribution in [1.29, 1.82) is 0 Å². The van der Waals surface area contributed by atoms with Crippen LogP contribution in [0, 0.1) is 5.92 Å². The second-order valence-electron chi connectivity index (χ2n) is 15.8. The number of aliphatic hydroxyl groups is 7. The van der Waals surface area contributed by atoms with Gasteiger partial charge in [0.05, 0.1) is 24.9 Å². The van der Waals surface area contributed by atoms with E-state index in [0.29, 0.717) is 0 Å². The minimum absolute atomic E-state index is 0.0959. The van der Waals surface area contributed by atoms with Gasteiger partial charge < -0.3 is 93.7 Å². The molecular formula is C43H48O21. The lowest BCUT2D eigenvalue weighted by Crippen LogP contribution is -2.62. The largest absolute Gasteiger partial charge is 0.508 e. The highest BCUT2D eigenvalue weighted by atomic mass is 16.7. The minimum Gasteiger partial charge on any atom is -0.508 e. The number of phenols is 4. The highest BCUT2D eigenvalue weighted by molar-refractivity contribution is 5.89. The third-order valence-corrected chi connectivity index (χ3v) is 11.3. The molecule has 1 aromatic heterocycles. The second-order valence-corrected chi connectivity index (χ2v) is 15.8. The average Bonchev–Trinajstić information content (AvgIpc) is 3.26. The number of benzene rings is 3. The van der Waals surface area contributed by atoms with Crippen LogP contribution in [0.4, 0.5) is 0 Å². The van der Waals surface area contributed by atoms with E-state index in [-0.39, 0.29) is 34.0 Å². The Morgan fingerprint density at radius 1 is 0.672 bits per heavy atom. The van der Waals surface area contributed by atoms with E-state index in [4.69, 9.17) is 37.6 Å². The molecular weight excluding hydrogens is 852 g/mol. The first-order valence-electron chi connectivity index (χ1n) is 20.0. The van der Waals surface area contributed by atoms with Crippen molar-refractivity contribution in [3.8, 4) is 45.8 Å². The highest BCUT2D eigenvalue weighted by Gasteiger charge is 2.50. The maximum absolute atomic E-state index is 14.4. The van der Waals surface area contributed by atoms with Crippen molar-refractivity contribution in [3.63, 3.8) is 0 Å². The summed E-state index contributed by atoms with van der Waals surface area (Å²) >= 11 is 0. The maximum atomic E-state index is 14.4. The van der Waals surface area contributed by atoms with Crippen molar-refractivity contribution in [2.75, 3.05) is 6.61 Å². The highest BCUT2D eigenvalue weighted by Crippen LogP contribution is 2.39. The van der Waals surface area contributed by atoms with Crippen LogP contribution in [-0.2, 0) is 28.5 Å². The fraction of sp³-hybridized carbons (Fsp3) is 0.442. The Labute approximate surface area is 362 Å². The normalized spacial score (nSPS) is 33.2. The zero-order valence-corrected chi connectivity index (χ0v) is 34.2. The number of ether oxygens (including phenoxy) is 7. The van der Waals surface area contributed by atoms with Gasteiger partial charge in [-0.3, -0.25) is 4.79 Å². The van der Waals surface area contributed by atoms with Crippen LogP contribution in [0.2, 0.25) is 0 Å². The van der Waals surface area contributed by atoms with Crippen LogP contribution in [0.15, 0.2) is 69.9 Å². The van der Waals surface area contributed by atoms with Crippen LogP contribution >= 0.6 is 0 Å². The Hall–Kier alpha value is -5.56. The quantitative estimate of drug-likeness (QED) is 0.0538. The average molecular weight is 901 g/mol. The number of aliphatic hydroxyl groups excluding tert-OH is 7. The molecule has 0 spiro atoms. The number of hydrogen-bond donors (Lipinski definition) is 11. The summed E-state index contributed by atoms with van der Waals surface area (Å²) in [5.41, 5.74) is -1.03. The Morgan fingerprint density at radius 3 is 2.05 bits per heavy atom. The molecule has 0 radical (unpaired) electrons. The molecule has 3 aliphatic rings. The van der Waals surface area contributed by atoms with Gasteiger partial charge in [-0.25, -0.2) is 4.79 Å². The zero-order valence-electron chi connectivity index (χ0n) is 34.2. The number of fused-ring (bicyclic) bond motifs is 1. The smallest absolute Gasteiger partial charge is 0.331 e. The minimum atomic E-state index is -2.09. The van der Waals surface area contributed by atoms with Gasteiger partial charge in [-0.2, -0.15) is 0 Å². The molecule has 3 fully saturated rings. The fourth-order valence-corrected chi connectivity index (χ4v) is 7.35. The maximum Gasteiger partial charge on any atom is 0.331 e. The van der Waals surface area contributed by atoms with Crippen LogP contribution in [0.25, 0.3) is 28.4 Å². The predicted molar refractivity (Wildman–Crippen MR) is 216 cm³/mol. The SMILES string of the molecule is C[C@@H]1[C@@H](O)[C@@H](O)[C@H](OC[C@H]2O[C@@H](Oc3c(-c4ccc(O)cc4)oc4cc(O[C@@H]5O[C@@H](C)[C@H](O)[C@@H](O)[C@H]5O)cc(O)c4c3=O)[C@H](O)[C@@H](OC(=O)C=Cc3ccc(O)c(O)c3)[C@H]2O)O[C@H]1C. The Morgan fingerprint density at radius 2 is 1.34 bits per heavy atom. The van der Waals surface area contributed by atoms with Crippen LogP contribution in [0.3, 0.4) is 0 Å². The van der Waals surface area contributed by atoms with E-state index in [1.807, 2.05) is 0 Å². The Balaban J connectivity index is 1.23. The lowest BCUT2D eigenvalue weighted by atomic mass is 9.92. The molecule has 3 aromatic carbocycles. The number of aromatic hydroxyl groups is 4. The molecule has 21 nitrogen and oxygen atoms in total. The first-order chi connectivity index (χ1) is 30.3. The van der Waals surface area contributed by atoms with Gasteiger partial charge in [-0.05, 0) is 61.9 Å². The van der Waals surface area contributed by atoms with E-state index in [9.17, 15) is 65.8 Å². The van der Waals surface area contributed by atoms with Crippen molar-refractivity contribution < 1.29 is 98.5 Å². The van der Waals surface area contributed by atoms with Crippen molar-refractivity contribution in [2.45, 2.75) is 107 Å². The monoisotopic (exact) mass is 900 g/mol. The van der Waals surface area contributed by atoms with Crippen molar-refractivity contribution in [3.05, 3.63) is 76.5 Å². The van der Waals surface area contributed by atoms with Gasteiger partial charge in [0.1, 0.15) is 64.8 Å². The molecule has 21 heteroatoms. The predicted octanol–water partition coefficient (Wildman–Crippen LogP) is 0.0587. The van der Waals surface area contributed by atoms with Crippen LogP contribution < -0.4 is 14.9 Å². The summed E-state index contributed by atoms with van der Waals surface area (Å²) in [7, 11) is 0. The summed E-state index contributed by atoms with van der Waals surface area (Å²) in [4.78, 5) is 27.6. The standard InChI is InChI=1S/C43H48O21/c1-16-17(2)58-41(35(54)30(16)49)57-15-27-32(51)39(63-28(48)11-5-19-4-10-23(45)24(46)12-19)37(56)43(62-27)64-40-33(52)29-25(47)13-22(60-42-36(55)34(53)31(50)18(3)59-42)14-26(29)61-38(40)20-6-8-21(44)9-7-20/h4-14,16-18,27,30-32,34-37,39,41-47,49-51,53-56H,15H2,1-3H3/t16-,17-,18-,27+,30+,31-,32-,34+,35+,36+,37+,39-,41+,42-,43-/m0/s1. The molecule has 11 N–H and O–H groups in total. The summed E-state index contributed by atoms with van der Waals surface area (Å²) < 4.78 is 46.3. The topological polar surface area (TPSA) is 334 Å². The van der Waals surface area contributed by atoms with Gasteiger partial charge in [-0.15, -0.1) is 0 Å². The van der Waals surface area contributed by atoms with Crippen molar-refractivity contribution in [1.82, 2.24) is 0 Å². The van der Waals surface area contributed by atoms with E-state index >= 15 is 0 Å². The molecule has 0 bridgehead atoms. The van der Waals surface area contributed by atoms with E-state index < -0.39 is 138 Å². The number of phenolic OH excluding ortho intramolecular Hbond substituents is 4. The van der Waals surface area contributed by atoms with E-state index in [0.717, 1.165) is 24.3 Å². The van der Waals surface area contributed by atoms with Crippen LogP contribution in [0.5, 0.6) is 34.5 Å². The molecule has 0 unspecified atom stereocenters. The van der Waals surface area contributed by atoms with Crippen LogP contribution in [0.1, 0.15) is 26.3 Å². The van der Waals surface area contributed by atoms with E-state index in [1.165, 1.54) is 49.4 Å². The number of esters is 1. The molecule has 7 rings (SSSR count). The van der Waals surface area contributed by atoms with Gasteiger partial charge in [0.25, 0.3) is 0 Å². The van der Waals surface area contributed by atoms with Crippen molar-refractivity contribution in [2.24, 2.45) is 5.92 Å². The molecule has 64 heavy (non-hydrogen) atoms. The molecule has 0 saturated carbocycles. The number of rotatable bonds is 11. The van der Waals surface area contributed by atoms with Crippen LogP contribution in [-0.4, -0.2) is 155 Å². The number of hydrogen-bond acceptors (Lipinski definition) is 21. The molecule has 0 amide bonds.